The maximum Gasteiger partial charge on any atom is 0.229 e. The van der Waals surface area contributed by atoms with E-state index in [0.29, 0.717) is 18.0 Å². The van der Waals surface area contributed by atoms with E-state index in [2.05, 4.69) is 15.0 Å². The first-order valence-electron chi connectivity index (χ1n) is 7.06. The summed E-state index contributed by atoms with van der Waals surface area (Å²) in [6.07, 6.45) is 6.51. The first-order valence-corrected chi connectivity index (χ1v) is 7.06. The van der Waals surface area contributed by atoms with Crippen LogP contribution in [-0.2, 0) is 6.54 Å². The van der Waals surface area contributed by atoms with Crippen molar-refractivity contribution in [1.29, 1.82) is 0 Å². The van der Waals surface area contributed by atoms with Crippen molar-refractivity contribution in [3.05, 3.63) is 11.7 Å². The normalized spacial score (nSPS) is 36.2. The fraction of sp³-hybridized carbons (Fsp3) is 0.846. The molecule has 98 valence electrons. The van der Waals surface area contributed by atoms with Crippen LogP contribution in [0.15, 0.2) is 4.52 Å². The first-order chi connectivity index (χ1) is 8.79. The zero-order valence-corrected chi connectivity index (χ0v) is 10.5. The van der Waals surface area contributed by atoms with Crippen LogP contribution in [0, 0.1) is 0 Å². The van der Waals surface area contributed by atoms with Gasteiger partial charge in [0, 0.05) is 18.0 Å². The standard InChI is InChI=1S/C13H19N3O2/c17-11-5-9-3-4-10(6-11)16(9)7-12-14-13(18-15-12)8-1-2-8/h8-11,17H,1-7H2. The Morgan fingerprint density at radius 3 is 2.56 bits per heavy atom. The minimum atomic E-state index is -0.106. The zero-order chi connectivity index (χ0) is 12.1. The van der Waals surface area contributed by atoms with Crippen molar-refractivity contribution >= 4 is 0 Å². The van der Waals surface area contributed by atoms with Crippen LogP contribution >= 0.6 is 0 Å². The molecule has 0 amide bonds. The number of nitrogens with zero attached hydrogens (tertiary/aromatic N) is 3. The monoisotopic (exact) mass is 249 g/mol. The lowest BCUT2D eigenvalue weighted by molar-refractivity contribution is 0.0293. The van der Waals surface area contributed by atoms with Gasteiger partial charge >= 0.3 is 0 Å². The lowest BCUT2D eigenvalue weighted by Gasteiger charge is -2.36. The molecule has 1 saturated carbocycles. The summed E-state index contributed by atoms with van der Waals surface area (Å²) >= 11 is 0. The van der Waals surface area contributed by atoms with Gasteiger partial charge in [0.25, 0.3) is 0 Å². The topological polar surface area (TPSA) is 62.4 Å². The van der Waals surface area contributed by atoms with Crippen molar-refractivity contribution in [2.75, 3.05) is 0 Å². The molecular weight excluding hydrogens is 230 g/mol. The molecule has 5 heteroatoms. The van der Waals surface area contributed by atoms with Crippen LogP contribution in [-0.4, -0.2) is 38.3 Å². The molecule has 3 aliphatic rings. The number of rotatable bonds is 3. The predicted molar refractivity (Wildman–Crippen MR) is 63.9 cm³/mol. The van der Waals surface area contributed by atoms with Crippen molar-refractivity contribution in [2.45, 2.75) is 69.2 Å². The third kappa shape index (κ3) is 1.86. The fourth-order valence-corrected chi connectivity index (χ4v) is 3.49. The third-order valence-electron chi connectivity index (χ3n) is 4.59. The predicted octanol–water partition coefficient (Wildman–Crippen LogP) is 1.43. The van der Waals surface area contributed by atoms with E-state index in [4.69, 9.17) is 4.52 Å². The average molecular weight is 249 g/mol. The summed E-state index contributed by atoms with van der Waals surface area (Å²) in [4.78, 5) is 6.97. The molecule has 1 aromatic rings. The van der Waals surface area contributed by atoms with Gasteiger partial charge in [-0.25, -0.2) is 0 Å². The van der Waals surface area contributed by atoms with Gasteiger partial charge in [0.05, 0.1) is 12.6 Å². The molecule has 18 heavy (non-hydrogen) atoms. The highest BCUT2D eigenvalue weighted by Crippen LogP contribution is 2.40. The minimum absolute atomic E-state index is 0.106. The van der Waals surface area contributed by atoms with Gasteiger partial charge in [-0.1, -0.05) is 5.16 Å². The molecule has 0 spiro atoms. The number of aromatic nitrogens is 2. The van der Waals surface area contributed by atoms with Crippen LogP contribution in [0.4, 0.5) is 0 Å². The van der Waals surface area contributed by atoms with Gasteiger partial charge < -0.3 is 9.63 Å². The van der Waals surface area contributed by atoms with Gasteiger partial charge in [0.1, 0.15) is 0 Å². The summed E-state index contributed by atoms with van der Waals surface area (Å²) in [5.41, 5.74) is 0. The second-order valence-electron chi connectivity index (χ2n) is 6.01. The minimum Gasteiger partial charge on any atom is -0.393 e. The van der Waals surface area contributed by atoms with Crippen LogP contribution in [0.25, 0.3) is 0 Å². The van der Waals surface area contributed by atoms with Crippen LogP contribution in [0.1, 0.15) is 56.2 Å². The molecule has 3 heterocycles. The molecule has 2 saturated heterocycles. The highest BCUT2D eigenvalue weighted by Gasteiger charge is 2.40. The average Bonchev–Trinajstić information content (AvgIpc) is 3.05. The van der Waals surface area contributed by atoms with Crippen molar-refractivity contribution < 1.29 is 9.63 Å². The van der Waals surface area contributed by atoms with E-state index in [1.807, 2.05) is 0 Å². The largest absolute Gasteiger partial charge is 0.393 e. The number of hydrogen-bond acceptors (Lipinski definition) is 5. The van der Waals surface area contributed by atoms with E-state index in [1.54, 1.807) is 0 Å². The molecule has 2 bridgehead atoms. The third-order valence-corrected chi connectivity index (χ3v) is 4.59. The van der Waals surface area contributed by atoms with E-state index < -0.39 is 0 Å². The van der Waals surface area contributed by atoms with Gasteiger partial charge in [-0.05, 0) is 38.5 Å². The van der Waals surface area contributed by atoms with E-state index in [0.717, 1.165) is 31.1 Å². The molecule has 1 N–H and O–H groups in total. The van der Waals surface area contributed by atoms with Gasteiger partial charge in [-0.15, -0.1) is 0 Å². The lowest BCUT2D eigenvalue weighted by atomic mass is 10.00. The smallest absolute Gasteiger partial charge is 0.229 e. The van der Waals surface area contributed by atoms with Gasteiger partial charge in [-0.3, -0.25) is 4.90 Å². The molecule has 2 unspecified atom stereocenters. The van der Waals surface area contributed by atoms with Crippen molar-refractivity contribution in [3.63, 3.8) is 0 Å². The summed E-state index contributed by atoms with van der Waals surface area (Å²) < 4.78 is 5.30. The Kier molecular flexibility index (Phi) is 2.45. The highest BCUT2D eigenvalue weighted by atomic mass is 16.5. The van der Waals surface area contributed by atoms with Gasteiger partial charge in [0.15, 0.2) is 5.82 Å². The zero-order valence-electron chi connectivity index (χ0n) is 10.5. The van der Waals surface area contributed by atoms with Crippen molar-refractivity contribution in [3.8, 4) is 0 Å². The van der Waals surface area contributed by atoms with Crippen molar-refractivity contribution in [1.82, 2.24) is 15.0 Å². The molecule has 2 atom stereocenters. The second-order valence-corrected chi connectivity index (χ2v) is 6.01. The van der Waals surface area contributed by atoms with E-state index in [1.165, 1.54) is 25.7 Å². The number of piperidine rings is 1. The van der Waals surface area contributed by atoms with Gasteiger partial charge in [-0.2, -0.15) is 4.98 Å². The maximum absolute atomic E-state index is 9.78. The molecule has 0 aromatic carbocycles. The molecule has 4 rings (SSSR count). The Hall–Kier alpha value is -0.940. The van der Waals surface area contributed by atoms with Crippen LogP contribution in [0.3, 0.4) is 0 Å². The fourth-order valence-electron chi connectivity index (χ4n) is 3.49. The Morgan fingerprint density at radius 1 is 1.17 bits per heavy atom. The molecule has 1 aromatic heterocycles. The van der Waals surface area contributed by atoms with Gasteiger partial charge in [0.2, 0.25) is 5.89 Å². The van der Waals surface area contributed by atoms with Crippen LogP contribution < -0.4 is 0 Å². The van der Waals surface area contributed by atoms with Crippen LogP contribution in [0.2, 0.25) is 0 Å². The summed E-state index contributed by atoms with van der Waals surface area (Å²) in [6, 6.07) is 1.03. The maximum atomic E-state index is 9.78. The Balaban J connectivity index is 1.47. The first kappa shape index (κ1) is 10.9. The SMILES string of the molecule is OC1CC2CCC(C1)N2Cc1noc(C2CC2)n1. The second kappa shape index (κ2) is 4.03. The quantitative estimate of drug-likeness (QED) is 0.878. The van der Waals surface area contributed by atoms with E-state index >= 15 is 0 Å². The summed E-state index contributed by atoms with van der Waals surface area (Å²) in [5.74, 6) is 2.19. The number of hydrogen-bond donors (Lipinski definition) is 1. The summed E-state index contributed by atoms with van der Waals surface area (Å²) in [7, 11) is 0. The molecule has 2 aliphatic heterocycles. The van der Waals surface area contributed by atoms with E-state index in [9.17, 15) is 5.11 Å². The summed E-state index contributed by atoms with van der Waals surface area (Å²) in [5, 5.41) is 13.9. The Morgan fingerprint density at radius 2 is 1.89 bits per heavy atom. The number of aliphatic hydroxyl groups is 1. The molecular formula is C13H19N3O2. The highest BCUT2D eigenvalue weighted by molar-refractivity contribution is 5.03. The molecule has 0 radical (unpaired) electrons. The molecule has 3 fully saturated rings. The Labute approximate surface area is 106 Å². The number of aliphatic hydroxyl groups excluding tert-OH is 1. The van der Waals surface area contributed by atoms with Crippen molar-refractivity contribution in [2.24, 2.45) is 0 Å². The number of fused-ring (bicyclic) bond motifs is 2. The Bertz CT molecular complexity index is 429. The van der Waals surface area contributed by atoms with E-state index in [-0.39, 0.29) is 6.10 Å². The van der Waals surface area contributed by atoms with Crippen LogP contribution in [0.5, 0.6) is 0 Å². The lowest BCUT2D eigenvalue weighted by Crippen LogP contribution is -2.44. The molecule has 5 nitrogen and oxygen atoms in total. The molecule has 1 aliphatic carbocycles. The summed E-state index contributed by atoms with van der Waals surface area (Å²) in [6.45, 7) is 0.790.